The molecule has 46 heavy (non-hydrogen) atoms. The number of hydrogen-bond acceptors (Lipinski definition) is 6. The lowest BCUT2D eigenvalue weighted by Gasteiger charge is -2.38. The smallest absolute Gasteiger partial charge is 0.493 e. The lowest BCUT2D eigenvalue weighted by molar-refractivity contribution is -0.367. The quantitative estimate of drug-likeness (QED) is 0.0759. The fourth-order valence-corrected chi connectivity index (χ4v) is 7.46. The Balaban J connectivity index is 1.74. The summed E-state index contributed by atoms with van der Waals surface area (Å²) in [5.41, 5.74) is 1.11. The van der Waals surface area contributed by atoms with Crippen LogP contribution >= 0.6 is 0 Å². The molecule has 1 heterocycles. The van der Waals surface area contributed by atoms with Crippen LogP contribution in [0.25, 0.3) is 22.1 Å². The number of fused-ring (bicyclic) bond motifs is 1. The SMILES string of the molecule is CCO[Si](CCC(F)(F)C(F)(F)C(F)(F)C(F)(F)CCOc1ccc2cc(-c3ccccc3CC)c(=O)oc2c1)(OCC)OCC. The molecule has 0 bridgehead atoms. The van der Waals surface area contributed by atoms with Crippen LogP contribution in [0.1, 0.15) is 46.1 Å². The van der Waals surface area contributed by atoms with E-state index in [0.29, 0.717) is 17.4 Å². The van der Waals surface area contributed by atoms with Crippen LogP contribution in [0.4, 0.5) is 35.1 Å². The van der Waals surface area contributed by atoms with Crippen molar-refractivity contribution in [1.82, 2.24) is 0 Å². The van der Waals surface area contributed by atoms with Gasteiger partial charge < -0.3 is 22.4 Å². The Morgan fingerprint density at radius 3 is 1.85 bits per heavy atom. The molecule has 0 fully saturated rings. The van der Waals surface area contributed by atoms with Crippen LogP contribution in [0.5, 0.6) is 5.75 Å². The zero-order valence-corrected chi connectivity index (χ0v) is 26.7. The third-order valence-corrected chi connectivity index (χ3v) is 10.3. The molecule has 0 aliphatic carbocycles. The number of aryl methyl sites for hydroxylation is 1. The van der Waals surface area contributed by atoms with Gasteiger partial charge in [-0.05, 0) is 56.5 Å². The Kier molecular flexibility index (Phi) is 12.1. The first kappa shape index (κ1) is 37.4. The van der Waals surface area contributed by atoms with E-state index in [0.717, 1.165) is 11.6 Å². The van der Waals surface area contributed by atoms with Crippen LogP contribution in [-0.2, 0) is 19.7 Å². The lowest BCUT2D eigenvalue weighted by atomic mass is 9.95. The molecule has 3 rings (SSSR count). The lowest BCUT2D eigenvalue weighted by Crippen LogP contribution is -2.62. The molecule has 2 aromatic carbocycles. The van der Waals surface area contributed by atoms with E-state index in [2.05, 4.69) is 0 Å². The topological polar surface area (TPSA) is 67.1 Å². The Morgan fingerprint density at radius 2 is 1.28 bits per heavy atom. The molecule has 0 spiro atoms. The molecule has 0 radical (unpaired) electrons. The van der Waals surface area contributed by atoms with Crippen LogP contribution in [-0.4, -0.2) is 58.9 Å². The summed E-state index contributed by atoms with van der Waals surface area (Å²) in [6.07, 6.45) is -3.34. The van der Waals surface area contributed by atoms with Crippen LogP contribution < -0.4 is 10.4 Å². The zero-order chi connectivity index (χ0) is 34.4. The second kappa shape index (κ2) is 14.8. The van der Waals surface area contributed by atoms with Gasteiger partial charge in [-0.25, -0.2) is 4.79 Å². The first-order valence-electron chi connectivity index (χ1n) is 14.7. The van der Waals surface area contributed by atoms with Crippen molar-refractivity contribution in [3.05, 3.63) is 64.5 Å². The minimum absolute atomic E-state index is 0.0192. The fourth-order valence-electron chi connectivity index (χ4n) is 4.84. The first-order chi connectivity index (χ1) is 21.5. The van der Waals surface area contributed by atoms with Gasteiger partial charge in [0.1, 0.15) is 11.3 Å². The van der Waals surface area contributed by atoms with Gasteiger partial charge in [-0.2, -0.15) is 35.1 Å². The van der Waals surface area contributed by atoms with Crippen LogP contribution in [0.15, 0.2) is 57.7 Å². The molecular weight excluding hydrogens is 648 g/mol. The van der Waals surface area contributed by atoms with E-state index in [1.807, 2.05) is 19.1 Å². The molecule has 0 aliphatic heterocycles. The van der Waals surface area contributed by atoms with Gasteiger partial charge in [0.05, 0.1) is 18.6 Å². The molecular formula is C31H36F8O6Si. The largest absolute Gasteiger partial charge is 0.501 e. The minimum atomic E-state index is -6.47. The second-order valence-electron chi connectivity index (χ2n) is 10.3. The van der Waals surface area contributed by atoms with Crippen molar-refractivity contribution in [2.24, 2.45) is 0 Å². The van der Waals surface area contributed by atoms with Crippen LogP contribution in [0, 0.1) is 0 Å². The summed E-state index contributed by atoms with van der Waals surface area (Å²) in [7, 11) is -3.99. The molecule has 0 amide bonds. The summed E-state index contributed by atoms with van der Waals surface area (Å²) in [5.74, 6) is -24.3. The van der Waals surface area contributed by atoms with Gasteiger partial charge in [0, 0.05) is 43.7 Å². The molecule has 0 atom stereocenters. The first-order valence-corrected chi connectivity index (χ1v) is 16.7. The fraction of sp³-hybridized carbons (Fsp3) is 0.516. The number of ether oxygens (including phenoxy) is 1. The zero-order valence-electron chi connectivity index (χ0n) is 25.7. The van der Waals surface area contributed by atoms with Crippen LogP contribution in [0.2, 0.25) is 6.04 Å². The monoisotopic (exact) mass is 684 g/mol. The van der Waals surface area contributed by atoms with Crippen LogP contribution in [0.3, 0.4) is 0 Å². The van der Waals surface area contributed by atoms with Gasteiger partial charge in [0.2, 0.25) is 0 Å². The molecule has 3 aromatic rings. The molecule has 6 nitrogen and oxygen atoms in total. The highest BCUT2D eigenvalue weighted by Crippen LogP contribution is 2.55. The van der Waals surface area contributed by atoms with E-state index in [-0.39, 0.29) is 36.7 Å². The second-order valence-corrected chi connectivity index (χ2v) is 13.0. The maximum Gasteiger partial charge on any atom is 0.501 e. The van der Waals surface area contributed by atoms with Gasteiger partial charge in [0.25, 0.3) is 0 Å². The third-order valence-electron chi connectivity index (χ3n) is 7.23. The Morgan fingerprint density at radius 1 is 0.717 bits per heavy atom. The summed E-state index contributed by atoms with van der Waals surface area (Å²) >= 11 is 0. The molecule has 0 unspecified atom stereocenters. The average Bonchev–Trinajstić information content (AvgIpc) is 3.00. The van der Waals surface area contributed by atoms with Gasteiger partial charge in [0.15, 0.2) is 0 Å². The number of rotatable bonds is 18. The highest BCUT2D eigenvalue weighted by atomic mass is 28.4. The maximum absolute atomic E-state index is 14.7. The predicted molar refractivity (Wildman–Crippen MR) is 157 cm³/mol. The van der Waals surface area contributed by atoms with Gasteiger partial charge in [-0.1, -0.05) is 31.2 Å². The normalized spacial score (nSPS) is 13.4. The highest BCUT2D eigenvalue weighted by molar-refractivity contribution is 6.60. The Bertz CT molecular complexity index is 1500. The van der Waals surface area contributed by atoms with Gasteiger partial charge in [-0.15, -0.1) is 0 Å². The van der Waals surface area contributed by atoms with Gasteiger partial charge in [-0.3, -0.25) is 0 Å². The predicted octanol–water partition coefficient (Wildman–Crippen LogP) is 8.77. The maximum atomic E-state index is 14.7. The van der Waals surface area contributed by atoms with Crippen molar-refractivity contribution < 1.29 is 57.6 Å². The van der Waals surface area contributed by atoms with E-state index < -0.39 is 63.6 Å². The number of alkyl halides is 8. The minimum Gasteiger partial charge on any atom is -0.493 e. The van der Waals surface area contributed by atoms with Gasteiger partial charge >= 0.3 is 38.1 Å². The Labute approximate surface area is 262 Å². The van der Waals surface area contributed by atoms with Crippen molar-refractivity contribution in [2.75, 3.05) is 26.4 Å². The summed E-state index contributed by atoms with van der Waals surface area (Å²) in [6, 6.07) is 11.5. The molecule has 15 heteroatoms. The van der Waals surface area contributed by atoms with Crippen molar-refractivity contribution in [3.8, 4) is 16.9 Å². The van der Waals surface area contributed by atoms with E-state index in [1.54, 1.807) is 18.2 Å². The van der Waals surface area contributed by atoms with E-state index in [4.69, 9.17) is 22.4 Å². The molecule has 0 saturated carbocycles. The summed E-state index contributed by atoms with van der Waals surface area (Å²) in [5, 5.41) is 0.427. The third kappa shape index (κ3) is 7.75. The molecule has 0 N–H and O–H groups in total. The van der Waals surface area contributed by atoms with E-state index in [1.165, 1.54) is 32.9 Å². The molecule has 0 aliphatic rings. The molecule has 1 aromatic heterocycles. The van der Waals surface area contributed by atoms with Crippen molar-refractivity contribution in [3.63, 3.8) is 0 Å². The molecule has 256 valence electrons. The van der Waals surface area contributed by atoms with Crippen molar-refractivity contribution >= 4 is 19.8 Å². The van der Waals surface area contributed by atoms with E-state index >= 15 is 0 Å². The summed E-state index contributed by atoms with van der Waals surface area (Å²) in [4.78, 5) is 12.7. The number of benzene rings is 2. The average molecular weight is 685 g/mol. The summed E-state index contributed by atoms with van der Waals surface area (Å²) in [6.45, 7) is 4.71. The Hall–Kier alpha value is -3.01. The number of halogens is 8. The standard InChI is InChI=1S/C31H36F8O6Si/c1-5-21-11-9-10-12-24(21)25-19-22-13-14-23(20-26(22)45-27(25)40)41-17-15-28(32,33)30(36,37)31(38,39)29(34,35)16-18-46(42-6-2,43-7-3)44-8-4/h9-14,19-20H,5-8,15-18H2,1-4H3. The van der Waals surface area contributed by atoms with Crippen molar-refractivity contribution in [2.45, 2.75) is 76.7 Å². The number of hydrogen-bond donors (Lipinski definition) is 0. The van der Waals surface area contributed by atoms with E-state index in [9.17, 15) is 39.9 Å². The summed E-state index contributed by atoms with van der Waals surface area (Å²) < 4.78 is 143. The molecule has 0 saturated heterocycles. The highest BCUT2D eigenvalue weighted by Gasteiger charge is 2.80. The van der Waals surface area contributed by atoms with Crippen molar-refractivity contribution in [1.29, 1.82) is 0 Å².